The SMILES string of the molecule is c1ccc2c(COCC3CCCNC3)ccnc2c1. The number of para-hydroxylation sites is 1. The van der Waals surface area contributed by atoms with Gasteiger partial charge in [0.2, 0.25) is 0 Å². The van der Waals surface area contributed by atoms with E-state index in [-0.39, 0.29) is 0 Å². The maximum Gasteiger partial charge on any atom is 0.0724 e. The van der Waals surface area contributed by atoms with Gasteiger partial charge in [0.15, 0.2) is 0 Å². The van der Waals surface area contributed by atoms with Crippen molar-refractivity contribution in [3.63, 3.8) is 0 Å². The Kier molecular flexibility index (Phi) is 4.06. The van der Waals surface area contributed by atoms with Gasteiger partial charge in [0.05, 0.1) is 18.7 Å². The summed E-state index contributed by atoms with van der Waals surface area (Å²) >= 11 is 0. The smallest absolute Gasteiger partial charge is 0.0724 e. The lowest BCUT2D eigenvalue weighted by Gasteiger charge is -2.22. The summed E-state index contributed by atoms with van der Waals surface area (Å²) in [6, 6.07) is 10.3. The second kappa shape index (κ2) is 6.13. The number of hydrogen-bond acceptors (Lipinski definition) is 3. The number of nitrogens with one attached hydrogen (secondary N) is 1. The molecular weight excluding hydrogens is 236 g/mol. The van der Waals surface area contributed by atoms with Gasteiger partial charge in [0, 0.05) is 18.1 Å². The predicted octanol–water partition coefficient (Wildman–Crippen LogP) is 2.75. The third-order valence-corrected chi connectivity index (χ3v) is 3.75. The van der Waals surface area contributed by atoms with Crippen molar-refractivity contribution in [3.05, 3.63) is 42.1 Å². The van der Waals surface area contributed by atoms with Crippen molar-refractivity contribution in [2.45, 2.75) is 19.4 Å². The number of pyridine rings is 1. The van der Waals surface area contributed by atoms with E-state index in [1.165, 1.54) is 23.8 Å². The zero-order chi connectivity index (χ0) is 12.9. The molecule has 0 saturated carbocycles. The number of benzene rings is 1. The highest BCUT2D eigenvalue weighted by molar-refractivity contribution is 5.81. The van der Waals surface area contributed by atoms with E-state index in [9.17, 15) is 0 Å². The summed E-state index contributed by atoms with van der Waals surface area (Å²) in [6.45, 7) is 3.78. The molecule has 3 heteroatoms. The van der Waals surface area contributed by atoms with Gasteiger partial charge in [0.1, 0.15) is 0 Å². The van der Waals surface area contributed by atoms with Crippen molar-refractivity contribution in [2.24, 2.45) is 5.92 Å². The van der Waals surface area contributed by atoms with Crippen LogP contribution >= 0.6 is 0 Å². The van der Waals surface area contributed by atoms with E-state index >= 15 is 0 Å². The van der Waals surface area contributed by atoms with E-state index in [1.54, 1.807) is 0 Å². The Balaban J connectivity index is 1.62. The number of aromatic nitrogens is 1. The molecule has 1 atom stereocenters. The molecule has 1 fully saturated rings. The fourth-order valence-corrected chi connectivity index (χ4v) is 2.68. The van der Waals surface area contributed by atoms with Crippen LogP contribution in [0.4, 0.5) is 0 Å². The van der Waals surface area contributed by atoms with Gasteiger partial charge in [-0.05, 0) is 43.0 Å². The molecule has 0 bridgehead atoms. The molecule has 19 heavy (non-hydrogen) atoms. The number of piperidine rings is 1. The van der Waals surface area contributed by atoms with Crippen molar-refractivity contribution in [1.29, 1.82) is 0 Å². The molecule has 2 heterocycles. The Morgan fingerprint density at radius 1 is 1.26 bits per heavy atom. The second-order valence-electron chi connectivity index (χ2n) is 5.21. The van der Waals surface area contributed by atoms with Crippen LogP contribution in [0.15, 0.2) is 36.5 Å². The summed E-state index contributed by atoms with van der Waals surface area (Å²) in [5, 5.41) is 4.62. The standard InChI is InChI=1S/C16H20N2O/c1-2-6-16-15(5-1)14(7-9-18-16)12-19-11-13-4-3-8-17-10-13/h1-2,5-7,9,13,17H,3-4,8,10-12H2. The molecule has 3 rings (SSSR count). The highest BCUT2D eigenvalue weighted by Gasteiger charge is 2.13. The Labute approximate surface area is 114 Å². The molecule has 1 saturated heterocycles. The number of rotatable bonds is 4. The highest BCUT2D eigenvalue weighted by atomic mass is 16.5. The van der Waals surface area contributed by atoms with Crippen LogP contribution in [0, 0.1) is 5.92 Å². The van der Waals surface area contributed by atoms with E-state index < -0.39 is 0 Å². The first kappa shape index (κ1) is 12.6. The summed E-state index contributed by atoms with van der Waals surface area (Å²) in [5.41, 5.74) is 2.28. The molecule has 0 amide bonds. The monoisotopic (exact) mass is 256 g/mol. The predicted molar refractivity (Wildman–Crippen MR) is 77.0 cm³/mol. The van der Waals surface area contributed by atoms with Crippen LogP contribution in [0.2, 0.25) is 0 Å². The maximum absolute atomic E-state index is 5.90. The topological polar surface area (TPSA) is 34.1 Å². The van der Waals surface area contributed by atoms with Crippen LogP contribution in [0.3, 0.4) is 0 Å². The molecule has 0 radical (unpaired) electrons. The van der Waals surface area contributed by atoms with Gasteiger partial charge >= 0.3 is 0 Å². The third kappa shape index (κ3) is 3.11. The van der Waals surface area contributed by atoms with Gasteiger partial charge in [-0.2, -0.15) is 0 Å². The fraction of sp³-hybridized carbons (Fsp3) is 0.438. The zero-order valence-corrected chi connectivity index (χ0v) is 11.1. The minimum Gasteiger partial charge on any atom is -0.376 e. The molecule has 1 N–H and O–H groups in total. The summed E-state index contributed by atoms with van der Waals surface area (Å²) in [7, 11) is 0. The second-order valence-corrected chi connectivity index (χ2v) is 5.21. The Hall–Kier alpha value is -1.45. The molecule has 1 aromatic heterocycles. The molecule has 0 aliphatic carbocycles. The van der Waals surface area contributed by atoms with Crippen molar-refractivity contribution >= 4 is 10.9 Å². The van der Waals surface area contributed by atoms with Crippen LogP contribution in [-0.4, -0.2) is 24.7 Å². The van der Waals surface area contributed by atoms with Crippen LogP contribution in [-0.2, 0) is 11.3 Å². The molecule has 2 aromatic rings. The highest BCUT2D eigenvalue weighted by Crippen LogP contribution is 2.18. The summed E-state index contributed by atoms with van der Waals surface area (Å²) in [4.78, 5) is 4.37. The zero-order valence-electron chi connectivity index (χ0n) is 11.1. The summed E-state index contributed by atoms with van der Waals surface area (Å²) in [6.07, 6.45) is 4.42. The Morgan fingerprint density at radius 2 is 2.21 bits per heavy atom. The molecular formula is C16H20N2O. The van der Waals surface area contributed by atoms with Gasteiger partial charge in [-0.15, -0.1) is 0 Å². The lowest BCUT2D eigenvalue weighted by molar-refractivity contribution is 0.0789. The third-order valence-electron chi connectivity index (χ3n) is 3.75. The molecule has 100 valence electrons. The number of nitrogens with zero attached hydrogens (tertiary/aromatic N) is 1. The quantitative estimate of drug-likeness (QED) is 0.913. The van der Waals surface area contributed by atoms with E-state index in [2.05, 4.69) is 28.5 Å². The fourth-order valence-electron chi connectivity index (χ4n) is 2.68. The molecule has 1 unspecified atom stereocenters. The van der Waals surface area contributed by atoms with Gasteiger partial charge in [-0.1, -0.05) is 18.2 Å². The van der Waals surface area contributed by atoms with Crippen molar-refractivity contribution < 1.29 is 4.74 Å². The van der Waals surface area contributed by atoms with Gasteiger partial charge in [-0.25, -0.2) is 0 Å². The molecule has 1 aromatic carbocycles. The van der Waals surface area contributed by atoms with Gasteiger partial charge in [-0.3, -0.25) is 4.98 Å². The molecule has 1 aliphatic rings. The average molecular weight is 256 g/mol. The summed E-state index contributed by atoms with van der Waals surface area (Å²) in [5.74, 6) is 0.668. The van der Waals surface area contributed by atoms with Crippen molar-refractivity contribution in [3.8, 4) is 0 Å². The van der Waals surface area contributed by atoms with Gasteiger partial charge in [0.25, 0.3) is 0 Å². The first-order valence-corrected chi connectivity index (χ1v) is 7.04. The first-order valence-electron chi connectivity index (χ1n) is 7.04. The van der Waals surface area contributed by atoms with E-state index in [1.807, 2.05) is 18.3 Å². The lowest BCUT2D eigenvalue weighted by atomic mass is 10.0. The van der Waals surface area contributed by atoms with Crippen molar-refractivity contribution in [2.75, 3.05) is 19.7 Å². The van der Waals surface area contributed by atoms with Crippen molar-refractivity contribution in [1.82, 2.24) is 10.3 Å². The Morgan fingerprint density at radius 3 is 3.11 bits per heavy atom. The minimum absolute atomic E-state index is 0.668. The average Bonchev–Trinajstić information content (AvgIpc) is 2.49. The minimum atomic E-state index is 0.668. The maximum atomic E-state index is 5.90. The van der Waals surface area contributed by atoms with Crippen LogP contribution in [0.5, 0.6) is 0 Å². The van der Waals surface area contributed by atoms with Gasteiger partial charge < -0.3 is 10.1 Å². The lowest BCUT2D eigenvalue weighted by Crippen LogP contribution is -2.32. The number of ether oxygens (including phenoxy) is 1. The van der Waals surface area contributed by atoms with Crippen LogP contribution in [0.1, 0.15) is 18.4 Å². The molecule has 3 nitrogen and oxygen atoms in total. The first-order chi connectivity index (χ1) is 9.43. The molecule has 0 spiro atoms. The summed E-state index contributed by atoms with van der Waals surface area (Å²) < 4.78 is 5.90. The van der Waals surface area contributed by atoms with Crippen LogP contribution in [0.25, 0.3) is 10.9 Å². The van der Waals surface area contributed by atoms with E-state index in [0.717, 1.165) is 25.2 Å². The number of hydrogen-bond donors (Lipinski definition) is 1. The van der Waals surface area contributed by atoms with E-state index in [4.69, 9.17) is 4.74 Å². The van der Waals surface area contributed by atoms with E-state index in [0.29, 0.717) is 12.5 Å². The molecule has 1 aliphatic heterocycles. The number of fused-ring (bicyclic) bond motifs is 1. The normalized spacial score (nSPS) is 19.7. The largest absolute Gasteiger partial charge is 0.376 e. The Bertz CT molecular complexity index is 530. The van der Waals surface area contributed by atoms with Crippen LogP contribution < -0.4 is 5.32 Å².